The van der Waals surface area contributed by atoms with Crippen molar-refractivity contribution in [2.75, 3.05) is 0 Å². The molecule has 2 aromatic rings. The van der Waals surface area contributed by atoms with Crippen LogP contribution in [-0.4, -0.2) is 17.4 Å². The molecule has 0 aromatic heterocycles. The van der Waals surface area contributed by atoms with E-state index in [1.165, 1.54) is 0 Å². The van der Waals surface area contributed by atoms with E-state index in [4.69, 9.17) is 17.0 Å². The third kappa shape index (κ3) is 5.54. The number of rotatable bonds is 5. The van der Waals surface area contributed by atoms with Crippen molar-refractivity contribution in [1.29, 1.82) is 0 Å². The molecule has 0 aliphatic heterocycles. The zero-order valence-corrected chi connectivity index (χ0v) is 13.4. The Morgan fingerprint density at radius 2 is 1.82 bits per heavy atom. The summed E-state index contributed by atoms with van der Waals surface area (Å²) in [7, 11) is 0. The van der Waals surface area contributed by atoms with E-state index in [0.717, 1.165) is 17.1 Å². The number of hydrogen-bond donors (Lipinski definition) is 2. The number of para-hydroxylation sites is 1. The molecule has 0 fully saturated rings. The maximum atomic E-state index is 5.78. The smallest absolute Gasteiger partial charge is 0.187 e. The third-order valence-electron chi connectivity index (χ3n) is 2.64. The predicted molar refractivity (Wildman–Crippen MR) is 94.6 cm³/mol. The molecule has 5 heteroatoms. The fourth-order valence-corrected chi connectivity index (χ4v) is 2.03. The van der Waals surface area contributed by atoms with Crippen molar-refractivity contribution in [2.24, 2.45) is 5.10 Å². The lowest BCUT2D eigenvalue weighted by Crippen LogP contribution is -2.36. The average Bonchev–Trinajstić information content (AvgIpc) is 2.48. The highest BCUT2D eigenvalue weighted by molar-refractivity contribution is 7.80. The van der Waals surface area contributed by atoms with Crippen LogP contribution in [0.15, 0.2) is 59.7 Å². The molecular weight excluding hydrogens is 294 g/mol. The van der Waals surface area contributed by atoms with Crippen molar-refractivity contribution in [2.45, 2.75) is 19.9 Å². The molecular formula is C17H19N3OS. The van der Waals surface area contributed by atoms with E-state index in [0.29, 0.717) is 5.11 Å². The molecule has 2 rings (SSSR count). The van der Waals surface area contributed by atoms with Crippen molar-refractivity contribution in [1.82, 2.24) is 10.7 Å². The molecule has 0 radical (unpaired) electrons. The van der Waals surface area contributed by atoms with E-state index in [9.17, 15) is 0 Å². The molecule has 0 saturated carbocycles. The Bertz CT molecular complexity index is 641. The van der Waals surface area contributed by atoms with Crippen molar-refractivity contribution in [3.05, 3.63) is 60.2 Å². The number of benzene rings is 2. The van der Waals surface area contributed by atoms with E-state index in [1.807, 2.05) is 68.4 Å². The zero-order chi connectivity index (χ0) is 15.8. The molecule has 2 N–H and O–H groups in total. The first-order chi connectivity index (χ1) is 10.6. The lowest BCUT2D eigenvalue weighted by Gasteiger charge is -2.09. The van der Waals surface area contributed by atoms with E-state index in [1.54, 1.807) is 6.21 Å². The minimum atomic E-state index is 0.276. The fraction of sp³-hybridized carbons (Fsp3) is 0.176. The Balaban J connectivity index is 1.95. The largest absolute Gasteiger partial charge is 0.457 e. The van der Waals surface area contributed by atoms with Gasteiger partial charge >= 0.3 is 0 Å². The summed E-state index contributed by atoms with van der Waals surface area (Å²) in [5.74, 6) is 1.56. The Hall–Kier alpha value is -2.40. The van der Waals surface area contributed by atoms with Crippen LogP contribution in [-0.2, 0) is 0 Å². The van der Waals surface area contributed by atoms with E-state index >= 15 is 0 Å². The first-order valence-electron chi connectivity index (χ1n) is 7.06. The second kappa shape index (κ2) is 8.14. The predicted octanol–water partition coefficient (Wildman–Crippen LogP) is 3.69. The number of hydrazone groups is 1. The van der Waals surface area contributed by atoms with Gasteiger partial charge in [-0.15, -0.1) is 0 Å². The second-order valence-electron chi connectivity index (χ2n) is 4.99. The van der Waals surface area contributed by atoms with E-state index < -0.39 is 0 Å². The molecule has 0 aliphatic rings. The van der Waals surface area contributed by atoms with Crippen molar-refractivity contribution >= 4 is 23.5 Å². The Kier molecular flexibility index (Phi) is 5.91. The summed E-state index contributed by atoms with van der Waals surface area (Å²) >= 11 is 5.10. The second-order valence-corrected chi connectivity index (χ2v) is 5.39. The van der Waals surface area contributed by atoms with Crippen molar-refractivity contribution in [3.63, 3.8) is 0 Å². The Morgan fingerprint density at radius 1 is 1.09 bits per heavy atom. The van der Waals surface area contributed by atoms with Gasteiger partial charge in [-0.3, -0.25) is 5.43 Å². The van der Waals surface area contributed by atoms with Crippen LogP contribution in [0.25, 0.3) is 0 Å². The van der Waals surface area contributed by atoms with Crippen LogP contribution < -0.4 is 15.5 Å². The van der Waals surface area contributed by atoms with E-state index in [-0.39, 0.29) is 6.04 Å². The molecule has 0 atom stereocenters. The molecule has 0 amide bonds. The van der Waals surface area contributed by atoms with Gasteiger partial charge in [0.05, 0.1) is 6.21 Å². The number of thiocarbonyl (C=S) groups is 1. The standard InChI is InChI=1S/C17H19N3OS/c1-13(2)19-17(22)20-18-12-14-7-6-10-16(11-14)21-15-8-4-3-5-9-15/h3-13H,1-2H3,(H2,19,20,22)/b18-12+. The zero-order valence-electron chi connectivity index (χ0n) is 12.6. The van der Waals surface area contributed by atoms with Crippen LogP contribution in [0.1, 0.15) is 19.4 Å². The summed E-state index contributed by atoms with van der Waals surface area (Å²) in [6.07, 6.45) is 1.70. The maximum absolute atomic E-state index is 5.78. The van der Waals surface area contributed by atoms with Gasteiger partial charge < -0.3 is 10.1 Å². The van der Waals surface area contributed by atoms with Crippen LogP contribution in [0.3, 0.4) is 0 Å². The maximum Gasteiger partial charge on any atom is 0.187 e. The van der Waals surface area contributed by atoms with Crippen LogP contribution >= 0.6 is 12.2 Å². The Morgan fingerprint density at radius 3 is 2.55 bits per heavy atom. The highest BCUT2D eigenvalue weighted by atomic mass is 32.1. The molecule has 2 aromatic carbocycles. The van der Waals surface area contributed by atoms with Crippen LogP contribution in [0.2, 0.25) is 0 Å². The molecule has 0 aliphatic carbocycles. The molecule has 22 heavy (non-hydrogen) atoms. The lowest BCUT2D eigenvalue weighted by molar-refractivity contribution is 0.482. The summed E-state index contributed by atoms with van der Waals surface area (Å²) < 4.78 is 5.78. The highest BCUT2D eigenvalue weighted by Crippen LogP contribution is 2.21. The SMILES string of the molecule is CC(C)NC(=S)N/N=C/c1cccc(Oc2ccccc2)c1. The number of ether oxygens (including phenoxy) is 1. The highest BCUT2D eigenvalue weighted by Gasteiger charge is 1.98. The van der Waals surface area contributed by atoms with Crippen molar-refractivity contribution in [3.8, 4) is 11.5 Å². The molecule has 0 unspecified atom stereocenters. The normalized spacial score (nSPS) is 10.7. The molecule has 0 spiro atoms. The summed E-state index contributed by atoms with van der Waals surface area (Å²) in [5, 5.41) is 7.67. The van der Waals surface area contributed by atoms with Gasteiger partial charge in [-0.25, -0.2) is 0 Å². The number of nitrogens with one attached hydrogen (secondary N) is 2. The number of nitrogens with zero attached hydrogens (tertiary/aromatic N) is 1. The van der Waals surface area contributed by atoms with E-state index in [2.05, 4.69) is 15.8 Å². The molecule has 0 heterocycles. The van der Waals surface area contributed by atoms with Crippen LogP contribution in [0.4, 0.5) is 0 Å². The van der Waals surface area contributed by atoms with Gasteiger partial charge in [-0.1, -0.05) is 30.3 Å². The average molecular weight is 313 g/mol. The minimum Gasteiger partial charge on any atom is -0.457 e. The van der Waals surface area contributed by atoms with Gasteiger partial charge in [-0.2, -0.15) is 5.10 Å². The summed E-state index contributed by atoms with van der Waals surface area (Å²) in [5.41, 5.74) is 3.70. The van der Waals surface area contributed by atoms with Gasteiger partial charge in [-0.05, 0) is 55.9 Å². The van der Waals surface area contributed by atoms with Gasteiger partial charge in [0.1, 0.15) is 11.5 Å². The van der Waals surface area contributed by atoms with Gasteiger partial charge in [0.15, 0.2) is 5.11 Å². The topological polar surface area (TPSA) is 45.7 Å². The van der Waals surface area contributed by atoms with Crippen LogP contribution in [0.5, 0.6) is 11.5 Å². The van der Waals surface area contributed by atoms with Crippen LogP contribution in [0, 0.1) is 0 Å². The Labute approximate surface area is 136 Å². The third-order valence-corrected chi connectivity index (χ3v) is 2.85. The van der Waals surface area contributed by atoms with Gasteiger partial charge in [0, 0.05) is 6.04 Å². The van der Waals surface area contributed by atoms with Crippen molar-refractivity contribution < 1.29 is 4.74 Å². The molecule has 114 valence electrons. The first kappa shape index (κ1) is 16.0. The van der Waals surface area contributed by atoms with Gasteiger partial charge in [0.2, 0.25) is 0 Å². The molecule has 4 nitrogen and oxygen atoms in total. The molecule has 0 bridgehead atoms. The number of hydrogen-bond acceptors (Lipinski definition) is 3. The lowest BCUT2D eigenvalue weighted by atomic mass is 10.2. The monoisotopic (exact) mass is 313 g/mol. The molecule has 0 saturated heterocycles. The summed E-state index contributed by atoms with van der Waals surface area (Å²) in [6, 6.07) is 17.6. The quantitative estimate of drug-likeness (QED) is 0.502. The minimum absolute atomic E-state index is 0.276. The summed E-state index contributed by atoms with van der Waals surface area (Å²) in [4.78, 5) is 0. The van der Waals surface area contributed by atoms with Gasteiger partial charge in [0.25, 0.3) is 0 Å². The first-order valence-corrected chi connectivity index (χ1v) is 7.47. The fourth-order valence-electron chi connectivity index (χ4n) is 1.74. The summed E-state index contributed by atoms with van der Waals surface area (Å²) in [6.45, 7) is 4.03.